The fraction of sp³-hybridized carbons (Fsp3) is 0.172. The zero-order valence-corrected chi connectivity index (χ0v) is 19.7. The molecule has 1 aliphatic rings. The lowest BCUT2D eigenvalue weighted by Crippen LogP contribution is -2.14. The molecular weight excluding hydrogens is 440 g/mol. The molecule has 34 heavy (non-hydrogen) atoms. The average Bonchev–Trinajstić information content (AvgIpc) is 3.26. The number of benzene rings is 3. The van der Waals surface area contributed by atoms with Crippen LogP contribution in [0.2, 0.25) is 0 Å². The van der Waals surface area contributed by atoms with E-state index < -0.39 is 0 Å². The van der Waals surface area contributed by atoms with Gasteiger partial charge in [-0.25, -0.2) is 4.99 Å². The molecule has 3 aromatic carbocycles. The maximum absolute atomic E-state index is 13.3. The predicted molar refractivity (Wildman–Crippen MR) is 140 cm³/mol. The van der Waals surface area contributed by atoms with Crippen molar-refractivity contribution in [1.29, 1.82) is 0 Å². The highest BCUT2D eigenvalue weighted by molar-refractivity contribution is 7.16. The topological polar surface area (TPSA) is 50.7 Å². The number of carbonyl (C=O) groups excluding carboxylic acids is 1. The van der Waals surface area contributed by atoms with Crippen LogP contribution in [-0.4, -0.2) is 12.1 Å². The number of thiophene rings is 1. The third kappa shape index (κ3) is 5.26. The minimum atomic E-state index is -0.0855. The van der Waals surface area contributed by atoms with E-state index in [9.17, 15) is 4.79 Å². The highest BCUT2D eigenvalue weighted by Crippen LogP contribution is 2.40. The van der Waals surface area contributed by atoms with E-state index >= 15 is 0 Å². The lowest BCUT2D eigenvalue weighted by molar-refractivity contribution is 0.102. The Bertz CT molecular complexity index is 1300. The Morgan fingerprint density at radius 1 is 0.941 bits per heavy atom. The number of aliphatic imine (C=N–C) groups is 1. The molecule has 1 heterocycles. The molecule has 1 aliphatic carbocycles. The predicted octanol–water partition coefficient (Wildman–Crippen LogP) is 7.21. The van der Waals surface area contributed by atoms with Crippen molar-refractivity contribution in [3.63, 3.8) is 0 Å². The van der Waals surface area contributed by atoms with Gasteiger partial charge in [-0.3, -0.25) is 4.79 Å². The second-order valence-electron chi connectivity index (χ2n) is 8.32. The van der Waals surface area contributed by atoms with Crippen LogP contribution in [0.25, 0.3) is 0 Å². The number of aryl methyl sites for hydroxylation is 1. The number of rotatable bonds is 7. The molecule has 0 fully saturated rings. The summed E-state index contributed by atoms with van der Waals surface area (Å²) in [5, 5.41) is 3.82. The number of hydrogen-bond donors (Lipinski definition) is 1. The molecule has 0 aliphatic heterocycles. The van der Waals surface area contributed by atoms with E-state index in [0.29, 0.717) is 6.61 Å². The Morgan fingerprint density at radius 3 is 2.53 bits per heavy atom. The number of fused-ring (bicyclic) bond motifs is 1. The maximum Gasteiger partial charge on any atom is 0.259 e. The summed E-state index contributed by atoms with van der Waals surface area (Å²) in [5.41, 5.74) is 4.74. The van der Waals surface area contributed by atoms with Gasteiger partial charge in [-0.2, -0.15) is 0 Å². The largest absolute Gasteiger partial charge is 0.489 e. The van der Waals surface area contributed by atoms with Crippen molar-refractivity contribution in [2.45, 2.75) is 32.3 Å². The van der Waals surface area contributed by atoms with Gasteiger partial charge in [-0.05, 0) is 66.6 Å². The van der Waals surface area contributed by atoms with E-state index in [4.69, 9.17) is 9.73 Å². The molecule has 1 amide bonds. The minimum Gasteiger partial charge on any atom is -0.489 e. The van der Waals surface area contributed by atoms with Crippen molar-refractivity contribution in [2.24, 2.45) is 4.99 Å². The number of nitrogens with zero attached hydrogens (tertiary/aromatic N) is 1. The second-order valence-corrected chi connectivity index (χ2v) is 9.40. The van der Waals surface area contributed by atoms with Crippen molar-refractivity contribution in [1.82, 2.24) is 0 Å². The molecule has 0 bridgehead atoms. The summed E-state index contributed by atoms with van der Waals surface area (Å²) in [5.74, 6) is 0.706. The van der Waals surface area contributed by atoms with Crippen molar-refractivity contribution < 1.29 is 9.53 Å². The number of carbonyl (C=O) groups is 1. The van der Waals surface area contributed by atoms with Gasteiger partial charge < -0.3 is 10.1 Å². The highest BCUT2D eigenvalue weighted by atomic mass is 32.1. The first kappa shape index (κ1) is 22.1. The lowest BCUT2D eigenvalue weighted by atomic mass is 9.95. The summed E-state index contributed by atoms with van der Waals surface area (Å²) in [6, 6.07) is 27.6. The number of hydrogen-bond acceptors (Lipinski definition) is 4. The minimum absolute atomic E-state index is 0.0855. The Labute approximate surface area is 204 Å². The SMILES string of the molecule is O=C(Nc1ccccc1)c1c(N=Cc2cccc(OCc3ccccc3)c2)sc2c1CCCC2. The van der Waals surface area contributed by atoms with Gasteiger partial charge in [-0.1, -0.05) is 60.7 Å². The summed E-state index contributed by atoms with van der Waals surface area (Å²) in [7, 11) is 0. The number of nitrogens with one attached hydrogen (secondary N) is 1. The third-order valence-electron chi connectivity index (χ3n) is 5.85. The monoisotopic (exact) mass is 466 g/mol. The quantitative estimate of drug-likeness (QED) is 0.293. The first-order valence-electron chi connectivity index (χ1n) is 11.6. The van der Waals surface area contributed by atoms with Crippen LogP contribution in [0.4, 0.5) is 10.7 Å². The van der Waals surface area contributed by atoms with Crippen molar-refractivity contribution in [2.75, 3.05) is 5.32 Å². The Morgan fingerprint density at radius 2 is 1.71 bits per heavy atom. The summed E-state index contributed by atoms with van der Waals surface area (Å²) in [4.78, 5) is 19.3. The van der Waals surface area contributed by atoms with Crippen molar-refractivity contribution in [3.05, 3.63) is 112 Å². The van der Waals surface area contributed by atoms with E-state index in [-0.39, 0.29) is 5.91 Å². The van der Waals surface area contributed by atoms with Gasteiger partial charge in [0, 0.05) is 16.8 Å². The normalized spacial score (nSPS) is 12.9. The van der Waals surface area contributed by atoms with E-state index in [1.165, 1.54) is 4.88 Å². The summed E-state index contributed by atoms with van der Waals surface area (Å²) in [6.45, 7) is 0.517. The third-order valence-corrected chi connectivity index (χ3v) is 7.05. The summed E-state index contributed by atoms with van der Waals surface area (Å²) in [6.07, 6.45) is 6.05. The van der Waals surface area contributed by atoms with Gasteiger partial charge in [0.2, 0.25) is 0 Å². The van der Waals surface area contributed by atoms with E-state index in [1.807, 2.05) is 91.1 Å². The molecule has 0 radical (unpaired) electrons. The smallest absolute Gasteiger partial charge is 0.259 e. The maximum atomic E-state index is 13.3. The molecule has 0 saturated carbocycles. The summed E-state index contributed by atoms with van der Waals surface area (Å²) >= 11 is 1.64. The van der Waals surface area contributed by atoms with Crippen LogP contribution in [0, 0.1) is 0 Å². The van der Waals surface area contributed by atoms with Gasteiger partial charge in [0.25, 0.3) is 5.91 Å². The zero-order valence-electron chi connectivity index (χ0n) is 18.9. The summed E-state index contributed by atoms with van der Waals surface area (Å²) < 4.78 is 5.96. The number of anilines is 1. The average molecular weight is 467 g/mol. The van der Waals surface area contributed by atoms with Crippen LogP contribution in [0.15, 0.2) is 89.9 Å². The van der Waals surface area contributed by atoms with Crippen molar-refractivity contribution in [3.8, 4) is 5.75 Å². The Balaban J connectivity index is 1.37. The van der Waals surface area contributed by atoms with Crippen LogP contribution in [0.3, 0.4) is 0 Å². The molecule has 1 N–H and O–H groups in total. The molecule has 170 valence electrons. The van der Waals surface area contributed by atoms with E-state index in [2.05, 4.69) is 5.32 Å². The molecule has 0 unspecified atom stereocenters. The number of amides is 1. The van der Waals surface area contributed by atoms with E-state index in [1.54, 1.807) is 11.3 Å². The molecule has 0 atom stereocenters. The molecule has 5 rings (SSSR count). The molecule has 1 aromatic heterocycles. The number of ether oxygens (including phenoxy) is 1. The standard InChI is InChI=1S/C29H26N2O2S/c32-28(31-23-13-5-2-6-14-23)27-25-16-7-8-17-26(25)34-29(27)30-19-22-12-9-15-24(18-22)33-20-21-10-3-1-4-11-21/h1-6,9-15,18-19H,7-8,16-17,20H2,(H,31,32). The van der Waals surface area contributed by atoms with Crippen LogP contribution in [0.1, 0.15) is 44.8 Å². The van der Waals surface area contributed by atoms with E-state index in [0.717, 1.165) is 64.4 Å². The lowest BCUT2D eigenvalue weighted by Gasteiger charge is -2.12. The van der Waals surface area contributed by atoms with Crippen LogP contribution in [-0.2, 0) is 19.4 Å². The van der Waals surface area contributed by atoms with Gasteiger partial charge in [0.15, 0.2) is 0 Å². The van der Waals surface area contributed by atoms with Gasteiger partial charge >= 0.3 is 0 Å². The fourth-order valence-electron chi connectivity index (χ4n) is 4.15. The van der Waals surface area contributed by atoms with Gasteiger partial charge in [0.05, 0.1) is 5.56 Å². The van der Waals surface area contributed by atoms with Crippen molar-refractivity contribution >= 4 is 34.1 Å². The van der Waals surface area contributed by atoms with Crippen LogP contribution >= 0.6 is 11.3 Å². The highest BCUT2D eigenvalue weighted by Gasteiger charge is 2.25. The Hall–Kier alpha value is -3.70. The number of para-hydroxylation sites is 1. The zero-order chi connectivity index (χ0) is 23.2. The van der Waals surface area contributed by atoms with Gasteiger partial charge in [-0.15, -0.1) is 11.3 Å². The van der Waals surface area contributed by atoms with Gasteiger partial charge in [0.1, 0.15) is 17.4 Å². The molecule has 5 heteroatoms. The van der Waals surface area contributed by atoms with Crippen LogP contribution < -0.4 is 10.1 Å². The second kappa shape index (κ2) is 10.5. The molecule has 4 aromatic rings. The van der Waals surface area contributed by atoms with Crippen LogP contribution in [0.5, 0.6) is 5.75 Å². The molecule has 0 saturated heterocycles. The molecule has 4 nitrogen and oxygen atoms in total. The first-order valence-corrected chi connectivity index (χ1v) is 12.4. The Kier molecular flexibility index (Phi) is 6.82. The molecule has 0 spiro atoms. The fourth-order valence-corrected chi connectivity index (χ4v) is 5.38. The first-order chi connectivity index (χ1) is 16.8. The molecular formula is C29H26N2O2S.